The van der Waals surface area contributed by atoms with Gasteiger partial charge < -0.3 is 5.32 Å². The zero-order valence-electron chi connectivity index (χ0n) is 12.1. The maximum atomic E-state index is 14.2. The first-order valence-electron chi connectivity index (χ1n) is 7.37. The van der Waals surface area contributed by atoms with Gasteiger partial charge in [-0.15, -0.1) is 0 Å². The molecule has 2 aromatic carbocycles. The monoisotopic (exact) mass is 303 g/mol. The van der Waals surface area contributed by atoms with Gasteiger partial charge in [0, 0.05) is 17.5 Å². The number of hydrogen-bond donors (Lipinski definition) is 1. The molecule has 1 nitrogen and oxygen atoms in total. The summed E-state index contributed by atoms with van der Waals surface area (Å²) in [7, 11) is 0. The van der Waals surface area contributed by atoms with Gasteiger partial charge in [-0.2, -0.15) is 0 Å². The van der Waals surface area contributed by atoms with Gasteiger partial charge in [-0.25, -0.2) is 4.39 Å². The molecule has 110 valence electrons. The summed E-state index contributed by atoms with van der Waals surface area (Å²) < 4.78 is 14.2. The Morgan fingerprint density at radius 1 is 1.10 bits per heavy atom. The lowest BCUT2D eigenvalue weighted by molar-refractivity contribution is 0.393. The molecule has 0 saturated carbocycles. The van der Waals surface area contributed by atoms with Gasteiger partial charge in [0.1, 0.15) is 5.82 Å². The van der Waals surface area contributed by atoms with Gasteiger partial charge in [0.25, 0.3) is 0 Å². The molecule has 0 aromatic heterocycles. The molecule has 1 aliphatic rings. The third kappa shape index (κ3) is 3.12. The highest BCUT2D eigenvalue weighted by molar-refractivity contribution is 6.30. The number of nitrogens with one attached hydrogen (secondary N) is 1. The van der Waals surface area contributed by atoms with E-state index in [1.165, 1.54) is 17.2 Å². The molecule has 0 aliphatic carbocycles. The second-order valence-corrected chi connectivity index (χ2v) is 6.22. The molecule has 1 saturated heterocycles. The quantitative estimate of drug-likeness (QED) is 0.851. The predicted octanol–water partition coefficient (Wildman–Crippen LogP) is 4.65. The van der Waals surface area contributed by atoms with E-state index in [2.05, 4.69) is 36.5 Å². The third-order valence-corrected chi connectivity index (χ3v) is 4.58. The van der Waals surface area contributed by atoms with Gasteiger partial charge in [-0.1, -0.05) is 41.4 Å². The van der Waals surface area contributed by atoms with Crippen LogP contribution in [0.2, 0.25) is 5.02 Å². The summed E-state index contributed by atoms with van der Waals surface area (Å²) in [5.41, 5.74) is 3.25. The fourth-order valence-corrected chi connectivity index (χ4v) is 3.37. The van der Waals surface area contributed by atoms with E-state index < -0.39 is 0 Å². The van der Waals surface area contributed by atoms with Gasteiger partial charge in [-0.3, -0.25) is 0 Å². The van der Waals surface area contributed by atoms with Crippen LogP contribution in [0.1, 0.15) is 34.9 Å². The molecule has 1 N–H and O–H groups in total. The molecule has 0 spiro atoms. The van der Waals surface area contributed by atoms with Crippen LogP contribution in [-0.4, -0.2) is 13.1 Å². The number of piperidine rings is 1. The van der Waals surface area contributed by atoms with Crippen molar-refractivity contribution in [1.29, 1.82) is 0 Å². The minimum Gasteiger partial charge on any atom is -0.316 e. The molecule has 21 heavy (non-hydrogen) atoms. The average molecular weight is 304 g/mol. The van der Waals surface area contributed by atoms with Gasteiger partial charge in [-0.05, 0) is 55.1 Å². The van der Waals surface area contributed by atoms with Crippen LogP contribution in [-0.2, 0) is 0 Å². The molecule has 0 amide bonds. The molecule has 3 rings (SSSR count). The smallest absolute Gasteiger partial charge is 0.126 e. The van der Waals surface area contributed by atoms with E-state index in [4.69, 9.17) is 11.6 Å². The second-order valence-electron chi connectivity index (χ2n) is 5.78. The Labute approximate surface area is 130 Å². The molecule has 3 heteroatoms. The number of aryl methyl sites for hydroxylation is 1. The predicted molar refractivity (Wildman–Crippen MR) is 85.6 cm³/mol. The summed E-state index contributed by atoms with van der Waals surface area (Å²) in [5, 5.41) is 4.03. The van der Waals surface area contributed by atoms with Crippen molar-refractivity contribution in [1.82, 2.24) is 5.32 Å². The zero-order chi connectivity index (χ0) is 14.8. The maximum Gasteiger partial charge on any atom is 0.126 e. The van der Waals surface area contributed by atoms with Crippen LogP contribution in [0.15, 0.2) is 42.5 Å². The van der Waals surface area contributed by atoms with Crippen molar-refractivity contribution < 1.29 is 4.39 Å². The molecule has 0 bridgehead atoms. The van der Waals surface area contributed by atoms with Crippen molar-refractivity contribution in [3.8, 4) is 0 Å². The fraction of sp³-hybridized carbons (Fsp3) is 0.333. The van der Waals surface area contributed by atoms with E-state index in [0.29, 0.717) is 5.02 Å². The molecule has 0 radical (unpaired) electrons. The lowest BCUT2D eigenvalue weighted by Gasteiger charge is -2.33. The topological polar surface area (TPSA) is 12.0 Å². The maximum absolute atomic E-state index is 14.2. The number of hydrogen-bond acceptors (Lipinski definition) is 1. The summed E-state index contributed by atoms with van der Waals surface area (Å²) in [6.07, 6.45) is 0.926. The lowest BCUT2D eigenvalue weighted by atomic mass is 9.77. The van der Waals surface area contributed by atoms with Crippen LogP contribution in [0, 0.1) is 12.7 Å². The van der Waals surface area contributed by atoms with Crippen LogP contribution < -0.4 is 5.32 Å². The van der Waals surface area contributed by atoms with Crippen molar-refractivity contribution in [2.75, 3.05) is 13.1 Å². The number of rotatable bonds is 2. The molecule has 1 fully saturated rings. The minimum atomic E-state index is -0.150. The van der Waals surface area contributed by atoms with E-state index in [9.17, 15) is 4.39 Å². The zero-order valence-corrected chi connectivity index (χ0v) is 12.8. The molecule has 1 aliphatic heterocycles. The van der Waals surface area contributed by atoms with E-state index in [-0.39, 0.29) is 17.7 Å². The fourth-order valence-electron chi connectivity index (χ4n) is 3.19. The van der Waals surface area contributed by atoms with Crippen molar-refractivity contribution in [2.24, 2.45) is 0 Å². The Hall–Kier alpha value is -1.38. The normalized spacial score (nSPS) is 22.2. The Morgan fingerprint density at radius 3 is 2.62 bits per heavy atom. The summed E-state index contributed by atoms with van der Waals surface area (Å²) in [6, 6.07) is 13.4. The summed E-state index contributed by atoms with van der Waals surface area (Å²) in [6.45, 7) is 3.87. The SMILES string of the molecule is Cc1ccc(C2CNCCC2c2cc(Cl)ccc2F)cc1. The molecule has 2 aromatic rings. The molecule has 2 unspecified atom stereocenters. The van der Waals surface area contributed by atoms with E-state index >= 15 is 0 Å². The highest BCUT2D eigenvalue weighted by atomic mass is 35.5. The Balaban J connectivity index is 1.98. The van der Waals surface area contributed by atoms with Crippen LogP contribution in [0.25, 0.3) is 0 Å². The van der Waals surface area contributed by atoms with E-state index in [1.54, 1.807) is 12.1 Å². The van der Waals surface area contributed by atoms with Gasteiger partial charge in [0.2, 0.25) is 0 Å². The molecular weight excluding hydrogens is 285 g/mol. The van der Waals surface area contributed by atoms with E-state index in [1.807, 2.05) is 0 Å². The van der Waals surface area contributed by atoms with Crippen LogP contribution in [0.4, 0.5) is 4.39 Å². The number of benzene rings is 2. The molecule has 2 atom stereocenters. The average Bonchev–Trinajstić information content (AvgIpc) is 2.51. The lowest BCUT2D eigenvalue weighted by Crippen LogP contribution is -2.34. The van der Waals surface area contributed by atoms with Crippen LogP contribution in [0.5, 0.6) is 0 Å². The first-order valence-corrected chi connectivity index (χ1v) is 7.75. The Morgan fingerprint density at radius 2 is 1.86 bits per heavy atom. The van der Waals surface area contributed by atoms with Gasteiger partial charge in [0.15, 0.2) is 0 Å². The van der Waals surface area contributed by atoms with Crippen molar-refractivity contribution in [3.05, 3.63) is 70.0 Å². The summed E-state index contributed by atoms with van der Waals surface area (Å²) in [5.74, 6) is 0.309. The Bertz CT molecular complexity index is 624. The van der Waals surface area contributed by atoms with E-state index in [0.717, 1.165) is 25.1 Å². The summed E-state index contributed by atoms with van der Waals surface area (Å²) in [4.78, 5) is 0. The first-order chi connectivity index (χ1) is 10.1. The minimum absolute atomic E-state index is 0.150. The molecule has 1 heterocycles. The first kappa shape index (κ1) is 14.6. The van der Waals surface area contributed by atoms with Crippen molar-refractivity contribution >= 4 is 11.6 Å². The second kappa shape index (κ2) is 6.17. The van der Waals surface area contributed by atoms with Crippen LogP contribution >= 0.6 is 11.6 Å². The van der Waals surface area contributed by atoms with Crippen molar-refractivity contribution in [3.63, 3.8) is 0 Å². The largest absolute Gasteiger partial charge is 0.316 e. The van der Waals surface area contributed by atoms with Crippen molar-refractivity contribution in [2.45, 2.75) is 25.2 Å². The standard InChI is InChI=1S/C18H19ClFN/c1-12-2-4-13(5-3-12)17-11-21-9-8-15(17)16-10-14(19)6-7-18(16)20/h2-7,10,15,17,21H,8-9,11H2,1H3. The summed E-state index contributed by atoms with van der Waals surface area (Å²) >= 11 is 6.07. The third-order valence-electron chi connectivity index (χ3n) is 4.35. The highest BCUT2D eigenvalue weighted by Crippen LogP contribution is 2.39. The number of halogens is 2. The Kier molecular flexibility index (Phi) is 4.27. The highest BCUT2D eigenvalue weighted by Gasteiger charge is 2.29. The molecular formula is C18H19ClFN. The van der Waals surface area contributed by atoms with Gasteiger partial charge in [0.05, 0.1) is 0 Å². The van der Waals surface area contributed by atoms with Crippen LogP contribution in [0.3, 0.4) is 0 Å². The van der Waals surface area contributed by atoms with Gasteiger partial charge >= 0.3 is 0 Å².